The maximum atomic E-state index is 12.2. The summed E-state index contributed by atoms with van der Waals surface area (Å²) in [5.74, 6) is -0.730. The lowest BCUT2D eigenvalue weighted by atomic mass is 10.2. The van der Waals surface area contributed by atoms with Gasteiger partial charge in [-0.25, -0.2) is 8.42 Å². The molecule has 1 unspecified atom stereocenters. The Labute approximate surface area is 108 Å². The molecule has 0 spiro atoms. The highest BCUT2D eigenvalue weighted by atomic mass is 32.2. The lowest BCUT2D eigenvalue weighted by Crippen LogP contribution is -2.34. The van der Waals surface area contributed by atoms with Gasteiger partial charge in [0, 0.05) is 0 Å². The van der Waals surface area contributed by atoms with Crippen molar-refractivity contribution < 1.29 is 17.9 Å². The van der Waals surface area contributed by atoms with Crippen molar-refractivity contribution in [3.8, 4) is 0 Å². The number of carbonyl (C=O) groups is 1. The summed E-state index contributed by atoms with van der Waals surface area (Å²) in [5.41, 5.74) is -0.697. The number of ether oxygens (including phenoxy) is 1. The second-order valence-corrected chi connectivity index (χ2v) is 7.30. The van der Waals surface area contributed by atoms with Crippen LogP contribution in [0.5, 0.6) is 0 Å². The first-order chi connectivity index (χ1) is 8.14. The van der Waals surface area contributed by atoms with Crippen LogP contribution in [0.25, 0.3) is 0 Å². The first kappa shape index (κ1) is 14.7. The summed E-state index contributed by atoms with van der Waals surface area (Å²) in [4.78, 5) is 11.9. The van der Waals surface area contributed by atoms with Crippen LogP contribution in [0.4, 0.5) is 0 Å². The summed E-state index contributed by atoms with van der Waals surface area (Å²) < 4.78 is 29.4. The molecule has 18 heavy (non-hydrogen) atoms. The molecule has 1 rings (SSSR count). The van der Waals surface area contributed by atoms with E-state index in [1.807, 2.05) is 0 Å². The summed E-state index contributed by atoms with van der Waals surface area (Å²) in [6.45, 7) is 6.45. The Kier molecular flexibility index (Phi) is 4.16. The lowest BCUT2D eigenvalue weighted by Gasteiger charge is -2.22. The monoisotopic (exact) mass is 270 g/mol. The molecule has 100 valence electrons. The van der Waals surface area contributed by atoms with E-state index in [2.05, 4.69) is 0 Å². The van der Waals surface area contributed by atoms with Gasteiger partial charge in [0.2, 0.25) is 0 Å². The van der Waals surface area contributed by atoms with Gasteiger partial charge in [-0.15, -0.1) is 0 Å². The highest BCUT2D eigenvalue weighted by molar-refractivity contribution is 7.92. The average molecular weight is 270 g/mol. The third kappa shape index (κ3) is 3.57. The van der Waals surface area contributed by atoms with Crippen LogP contribution < -0.4 is 0 Å². The number of rotatable bonds is 3. The Balaban J connectivity index is 2.97. The second-order valence-electron chi connectivity index (χ2n) is 5.03. The van der Waals surface area contributed by atoms with Crippen molar-refractivity contribution in [2.75, 3.05) is 0 Å². The highest BCUT2D eigenvalue weighted by Gasteiger charge is 2.33. The SMILES string of the molecule is CC(C(=O)OC(C)(C)C)S(=O)(=O)c1ccccc1. The fourth-order valence-corrected chi connectivity index (χ4v) is 2.57. The molecule has 0 aromatic heterocycles. The summed E-state index contributed by atoms with van der Waals surface area (Å²) in [5, 5.41) is -1.21. The maximum Gasteiger partial charge on any atom is 0.324 e. The molecule has 0 amide bonds. The summed E-state index contributed by atoms with van der Waals surface area (Å²) in [6.07, 6.45) is 0. The third-order valence-corrected chi connectivity index (χ3v) is 4.33. The van der Waals surface area contributed by atoms with Gasteiger partial charge in [0.05, 0.1) is 4.90 Å². The van der Waals surface area contributed by atoms with Gasteiger partial charge in [0.25, 0.3) is 0 Å². The van der Waals surface area contributed by atoms with Gasteiger partial charge < -0.3 is 4.74 Å². The molecular formula is C13H18O4S. The summed E-state index contributed by atoms with van der Waals surface area (Å²) in [7, 11) is -3.69. The molecule has 0 heterocycles. The number of benzene rings is 1. The molecule has 5 heteroatoms. The van der Waals surface area contributed by atoms with Crippen molar-refractivity contribution in [1.82, 2.24) is 0 Å². The topological polar surface area (TPSA) is 60.4 Å². The molecule has 0 N–H and O–H groups in total. The average Bonchev–Trinajstić information content (AvgIpc) is 2.27. The standard InChI is InChI=1S/C13H18O4S/c1-10(12(14)17-13(2,3)4)18(15,16)11-8-6-5-7-9-11/h5-10H,1-4H3. The van der Waals surface area contributed by atoms with E-state index in [0.717, 1.165) is 0 Å². The van der Waals surface area contributed by atoms with E-state index < -0.39 is 26.7 Å². The Morgan fingerprint density at radius 3 is 2.11 bits per heavy atom. The van der Waals surface area contributed by atoms with Gasteiger partial charge in [0.1, 0.15) is 5.60 Å². The minimum absolute atomic E-state index is 0.128. The van der Waals surface area contributed by atoms with Crippen LogP contribution >= 0.6 is 0 Å². The molecule has 1 aromatic carbocycles. The van der Waals surface area contributed by atoms with E-state index in [-0.39, 0.29) is 4.90 Å². The van der Waals surface area contributed by atoms with Crippen LogP contribution in [0.3, 0.4) is 0 Å². The van der Waals surface area contributed by atoms with Crippen molar-refractivity contribution in [1.29, 1.82) is 0 Å². The molecule has 0 aliphatic carbocycles. The molecule has 0 saturated carbocycles. The highest BCUT2D eigenvalue weighted by Crippen LogP contribution is 2.18. The first-order valence-electron chi connectivity index (χ1n) is 5.66. The van der Waals surface area contributed by atoms with E-state index in [9.17, 15) is 13.2 Å². The van der Waals surface area contributed by atoms with Crippen LogP contribution in [0.15, 0.2) is 35.2 Å². The van der Waals surface area contributed by atoms with Crippen LogP contribution in [0.2, 0.25) is 0 Å². The fraction of sp³-hybridized carbons (Fsp3) is 0.462. The summed E-state index contributed by atoms with van der Waals surface area (Å²) in [6, 6.07) is 7.90. The van der Waals surface area contributed by atoms with Crippen LogP contribution in [-0.4, -0.2) is 25.2 Å². The molecule has 0 radical (unpaired) electrons. The number of carbonyl (C=O) groups excluding carboxylic acids is 1. The second kappa shape index (κ2) is 5.10. The van der Waals surface area contributed by atoms with Crippen LogP contribution in [0, 0.1) is 0 Å². The Morgan fingerprint density at radius 1 is 1.17 bits per heavy atom. The molecule has 0 aliphatic rings. The van der Waals surface area contributed by atoms with Gasteiger partial charge in [0.15, 0.2) is 15.1 Å². The van der Waals surface area contributed by atoms with Gasteiger partial charge in [-0.1, -0.05) is 18.2 Å². The molecule has 0 fully saturated rings. The van der Waals surface area contributed by atoms with Crippen molar-refractivity contribution in [2.24, 2.45) is 0 Å². The van der Waals surface area contributed by atoms with Gasteiger partial charge in [-0.05, 0) is 39.8 Å². The van der Waals surface area contributed by atoms with Crippen molar-refractivity contribution >= 4 is 15.8 Å². The zero-order valence-corrected chi connectivity index (χ0v) is 11.8. The Morgan fingerprint density at radius 2 is 1.67 bits per heavy atom. The molecular weight excluding hydrogens is 252 g/mol. The van der Waals surface area contributed by atoms with E-state index in [0.29, 0.717) is 0 Å². The quantitative estimate of drug-likeness (QED) is 0.790. The van der Waals surface area contributed by atoms with Gasteiger partial charge in [-0.3, -0.25) is 4.79 Å². The van der Waals surface area contributed by atoms with E-state index in [1.54, 1.807) is 39.0 Å². The minimum Gasteiger partial charge on any atom is -0.459 e. The van der Waals surface area contributed by atoms with E-state index >= 15 is 0 Å². The van der Waals surface area contributed by atoms with E-state index in [4.69, 9.17) is 4.74 Å². The molecule has 1 aromatic rings. The number of hydrogen-bond acceptors (Lipinski definition) is 4. The first-order valence-corrected chi connectivity index (χ1v) is 7.21. The largest absolute Gasteiger partial charge is 0.459 e. The molecule has 0 saturated heterocycles. The summed E-state index contributed by atoms with van der Waals surface area (Å²) >= 11 is 0. The predicted molar refractivity (Wildman–Crippen MR) is 68.9 cm³/mol. The lowest BCUT2D eigenvalue weighted by molar-refractivity contribution is -0.153. The molecule has 0 bridgehead atoms. The smallest absolute Gasteiger partial charge is 0.324 e. The van der Waals surface area contributed by atoms with Gasteiger partial charge in [-0.2, -0.15) is 0 Å². The third-order valence-electron chi connectivity index (χ3n) is 2.28. The van der Waals surface area contributed by atoms with Crippen LogP contribution in [-0.2, 0) is 19.4 Å². The van der Waals surface area contributed by atoms with Crippen LogP contribution in [0.1, 0.15) is 27.7 Å². The number of sulfone groups is 1. The predicted octanol–water partition coefficient (Wildman–Crippen LogP) is 2.19. The molecule has 1 atom stereocenters. The van der Waals surface area contributed by atoms with E-state index in [1.165, 1.54) is 19.1 Å². The maximum absolute atomic E-state index is 12.2. The van der Waals surface area contributed by atoms with Gasteiger partial charge >= 0.3 is 5.97 Å². The molecule has 4 nitrogen and oxygen atoms in total. The van der Waals surface area contributed by atoms with Crippen molar-refractivity contribution in [2.45, 2.75) is 43.4 Å². The van der Waals surface area contributed by atoms with Crippen molar-refractivity contribution in [3.63, 3.8) is 0 Å². The Hall–Kier alpha value is -1.36. The Bertz CT molecular complexity index is 512. The van der Waals surface area contributed by atoms with Crippen molar-refractivity contribution in [3.05, 3.63) is 30.3 Å². The normalized spacial score (nSPS) is 14.0. The number of hydrogen-bond donors (Lipinski definition) is 0. The fourth-order valence-electron chi connectivity index (χ4n) is 1.33. The minimum atomic E-state index is -3.69. The number of esters is 1. The zero-order chi connectivity index (χ0) is 14.0. The zero-order valence-electron chi connectivity index (χ0n) is 11.0. The molecule has 0 aliphatic heterocycles.